The van der Waals surface area contributed by atoms with Crippen molar-refractivity contribution in [2.45, 2.75) is 12.7 Å². The summed E-state index contributed by atoms with van der Waals surface area (Å²) in [6, 6.07) is 4.19. The van der Waals surface area contributed by atoms with Gasteiger partial charge in [-0.15, -0.1) is 0 Å². The van der Waals surface area contributed by atoms with E-state index in [1.54, 1.807) is 0 Å². The molecule has 0 heterocycles. The number of carboxylic acid groups (broad SMARTS) is 1. The van der Waals surface area contributed by atoms with Crippen molar-refractivity contribution in [1.29, 1.82) is 0 Å². The maximum atomic E-state index is 11.8. The molecule has 82 valence electrons. The zero-order valence-electron chi connectivity index (χ0n) is 7.65. The molecule has 0 spiro atoms. The van der Waals surface area contributed by atoms with Crippen LogP contribution in [-0.2, 0) is 4.79 Å². The summed E-state index contributed by atoms with van der Waals surface area (Å²) in [5, 5.41) is 10.4. The lowest BCUT2D eigenvalue weighted by molar-refractivity contribution is -0.443. The fourth-order valence-corrected chi connectivity index (χ4v) is 1.02. The van der Waals surface area contributed by atoms with E-state index in [0.717, 1.165) is 0 Å². The van der Waals surface area contributed by atoms with Crippen molar-refractivity contribution in [1.82, 2.24) is 0 Å². The maximum absolute atomic E-state index is 11.8. The zero-order valence-corrected chi connectivity index (χ0v) is 7.65. The molecule has 0 saturated heterocycles. The largest absolute Gasteiger partial charge is 0.544 e. The van der Waals surface area contributed by atoms with Gasteiger partial charge in [0, 0.05) is 5.56 Å². The van der Waals surface area contributed by atoms with E-state index in [4.69, 9.17) is 0 Å². The molecule has 1 rings (SSSR count). The average Bonchev–Trinajstić information content (AvgIpc) is 2.17. The van der Waals surface area contributed by atoms with Gasteiger partial charge >= 0.3 is 6.61 Å². The Labute approximate surface area is 84.3 Å². The molecule has 4 nitrogen and oxygen atoms in total. The molecular formula is C9H9F2NO3. The Hall–Kier alpha value is -1.69. The number of carbonyl (C=O) groups is 1. The second kappa shape index (κ2) is 4.70. The molecule has 0 aliphatic rings. The molecule has 6 heteroatoms. The summed E-state index contributed by atoms with van der Waals surface area (Å²) in [6.45, 7) is -2.90. The maximum Gasteiger partial charge on any atom is 0.387 e. The summed E-state index contributed by atoms with van der Waals surface area (Å²) in [5.74, 6) is -1.35. The van der Waals surface area contributed by atoms with E-state index in [9.17, 15) is 18.7 Å². The smallest absolute Gasteiger partial charge is 0.387 e. The van der Waals surface area contributed by atoms with Crippen molar-refractivity contribution >= 4 is 5.97 Å². The Morgan fingerprint density at radius 3 is 2.27 bits per heavy atom. The van der Waals surface area contributed by atoms with Gasteiger partial charge in [-0.05, 0) is 24.3 Å². The average molecular weight is 217 g/mol. The molecule has 0 bridgehead atoms. The molecular weight excluding hydrogens is 208 g/mol. The van der Waals surface area contributed by atoms with Gasteiger partial charge in [0.05, 0.1) is 0 Å². The molecule has 15 heavy (non-hydrogen) atoms. The van der Waals surface area contributed by atoms with Gasteiger partial charge in [0.2, 0.25) is 0 Å². The Morgan fingerprint density at radius 2 is 1.87 bits per heavy atom. The summed E-state index contributed by atoms with van der Waals surface area (Å²) in [4.78, 5) is 10.4. The first kappa shape index (κ1) is 11.4. The molecule has 1 atom stereocenters. The van der Waals surface area contributed by atoms with Gasteiger partial charge < -0.3 is 20.4 Å². The second-order valence-electron chi connectivity index (χ2n) is 2.82. The van der Waals surface area contributed by atoms with E-state index in [1.165, 1.54) is 24.3 Å². The topological polar surface area (TPSA) is 77.0 Å². The normalized spacial score (nSPS) is 12.5. The van der Waals surface area contributed by atoms with Gasteiger partial charge in [-0.2, -0.15) is 8.78 Å². The number of rotatable bonds is 4. The molecule has 0 aromatic heterocycles. The van der Waals surface area contributed by atoms with Gasteiger partial charge in [-0.25, -0.2) is 0 Å². The van der Waals surface area contributed by atoms with Crippen molar-refractivity contribution < 1.29 is 29.2 Å². The number of carboxylic acids is 1. The minimum Gasteiger partial charge on any atom is -0.544 e. The number of ether oxygens (including phenoxy) is 1. The Balaban J connectivity index is 2.76. The lowest BCUT2D eigenvalue weighted by Gasteiger charge is -2.10. The summed E-state index contributed by atoms with van der Waals surface area (Å²) in [7, 11) is 0. The lowest BCUT2D eigenvalue weighted by atomic mass is 10.1. The van der Waals surface area contributed by atoms with Crippen LogP contribution >= 0.6 is 0 Å². The van der Waals surface area contributed by atoms with Crippen molar-refractivity contribution in [3.63, 3.8) is 0 Å². The fourth-order valence-electron chi connectivity index (χ4n) is 1.02. The Bertz CT molecular complexity index is 340. The van der Waals surface area contributed by atoms with E-state index >= 15 is 0 Å². The molecule has 1 aromatic rings. The molecule has 0 aliphatic heterocycles. The third-order valence-corrected chi connectivity index (χ3v) is 1.79. The highest BCUT2D eigenvalue weighted by atomic mass is 19.3. The first-order valence-corrected chi connectivity index (χ1v) is 4.09. The van der Waals surface area contributed by atoms with E-state index in [1.807, 2.05) is 0 Å². The standard InChI is InChI=1S/C9H9F2NO3/c10-9(11)15-6-3-1-5(2-4-6)7(12)8(13)14/h1-4,7,9H,12H2,(H,13,14)/t7-/m1/s1. The van der Waals surface area contributed by atoms with Gasteiger partial charge in [0.15, 0.2) is 6.04 Å². The summed E-state index contributed by atoms with van der Waals surface area (Å²) in [6.07, 6.45) is 0. The highest BCUT2D eigenvalue weighted by Crippen LogP contribution is 2.17. The monoisotopic (exact) mass is 217 g/mol. The predicted octanol–water partition coefficient (Wildman–Crippen LogP) is -0.679. The second-order valence-corrected chi connectivity index (χ2v) is 2.82. The first-order chi connectivity index (χ1) is 7.00. The van der Waals surface area contributed by atoms with Crippen molar-refractivity contribution in [2.75, 3.05) is 0 Å². The summed E-state index contributed by atoms with van der Waals surface area (Å²) >= 11 is 0. The molecule has 0 saturated carbocycles. The van der Waals surface area contributed by atoms with E-state index in [-0.39, 0.29) is 5.75 Å². The van der Waals surface area contributed by atoms with Crippen LogP contribution in [0, 0.1) is 0 Å². The third-order valence-electron chi connectivity index (χ3n) is 1.79. The van der Waals surface area contributed by atoms with Crippen molar-refractivity contribution in [3.8, 4) is 5.75 Å². The number of benzene rings is 1. The van der Waals surface area contributed by atoms with Crippen LogP contribution in [0.1, 0.15) is 11.6 Å². The molecule has 0 radical (unpaired) electrons. The quantitative estimate of drug-likeness (QED) is 0.725. The highest BCUT2D eigenvalue weighted by molar-refractivity contribution is 5.71. The van der Waals surface area contributed by atoms with Gasteiger partial charge in [-0.1, -0.05) is 0 Å². The number of alkyl halides is 2. The van der Waals surface area contributed by atoms with Crippen LogP contribution in [-0.4, -0.2) is 12.6 Å². The number of halogens is 2. The predicted molar refractivity (Wildman–Crippen MR) is 43.7 cm³/mol. The number of carbonyl (C=O) groups excluding carboxylic acids is 1. The SMILES string of the molecule is [NH3+][C@@H](C(=O)[O-])c1ccc(OC(F)F)cc1. The Morgan fingerprint density at radius 1 is 1.33 bits per heavy atom. The molecule has 3 N–H and O–H groups in total. The highest BCUT2D eigenvalue weighted by Gasteiger charge is 2.11. The lowest BCUT2D eigenvalue weighted by Crippen LogP contribution is -2.60. The fraction of sp³-hybridized carbons (Fsp3) is 0.222. The van der Waals surface area contributed by atoms with E-state index < -0.39 is 18.6 Å². The van der Waals surface area contributed by atoms with Crippen LogP contribution < -0.4 is 15.6 Å². The molecule has 0 aliphatic carbocycles. The molecule has 0 amide bonds. The number of hydrogen-bond acceptors (Lipinski definition) is 3. The molecule has 1 aromatic carbocycles. The minimum absolute atomic E-state index is 0.0284. The molecule has 0 unspecified atom stereocenters. The van der Waals surface area contributed by atoms with Gasteiger partial charge in [0.25, 0.3) is 0 Å². The van der Waals surface area contributed by atoms with E-state index in [0.29, 0.717) is 5.56 Å². The zero-order chi connectivity index (χ0) is 11.4. The number of hydrogen-bond donors (Lipinski definition) is 1. The van der Waals surface area contributed by atoms with Crippen LogP contribution in [0.15, 0.2) is 24.3 Å². The van der Waals surface area contributed by atoms with Crippen LogP contribution in [0.3, 0.4) is 0 Å². The van der Waals surface area contributed by atoms with Crippen molar-refractivity contribution in [3.05, 3.63) is 29.8 Å². The number of quaternary nitrogens is 1. The summed E-state index contributed by atoms with van der Waals surface area (Å²) in [5.41, 5.74) is 3.72. The third kappa shape index (κ3) is 3.17. The number of aliphatic carboxylic acids is 1. The summed E-state index contributed by atoms with van der Waals surface area (Å²) < 4.78 is 27.6. The van der Waals surface area contributed by atoms with Crippen LogP contribution in [0.5, 0.6) is 5.75 Å². The first-order valence-electron chi connectivity index (χ1n) is 4.09. The van der Waals surface area contributed by atoms with Gasteiger partial charge in [0.1, 0.15) is 11.7 Å². The van der Waals surface area contributed by atoms with Gasteiger partial charge in [-0.3, -0.25) is 0 Å². The minimum atomic E-state index is -2.90. The van der Waals surface area contributed by atoms with E-state index in [2.05, 4.69) is 10.5 Å². The van der Waals surface area contributed by atoms with Crippen LogP contribution in [0.4, 0.5) is 8.78 Å². The van der Waals surface area contributed by atoms with Crippen molar-refractivity contribution in [2.24, 2.45) is 0 Å². The van der Waals surface area contributed by atoms with Crippen LogP contribution in [0.25, 0.3) is 0 Å². The van der Waals surface area contributed by atoms with Crippen LogP contribution in [0.2, 0.25) is 0 Å². The molecule has 0 fully saturated rings. The Kier molecular flexibility index (Phi) is 3.56.